The quantitative estimate of drug-likeness (QED) is 0.530. The molecule has 0 bridgehead atoms. The van der Waals surface area contributed by atoms with E-state index in [1.807, 2.05) is 4.90 Å². The number of sulfone groups is 1. The van der Waals surface area contributed by atoms with Gasteiger partial charge in [0.2, 0.25) is 26.6 Å². The highest BCUT2D eigenvalue weighted by atomic mass is 79.9. The number of likely N-dealkylation sites (N-methyl/N-ethyl adjacent to an activating group) is 1. The van der Waals surface area contributed by atoms with E-state index < -0.39 is 9.84 Å². The number of nitrogens with zero attached hydrogens (tertiary/aromatic N) is 3. The second-order valence-electron chi connectivity index (χ2n) is 7.01. The summed E-state index contributed by atoms with van der Waals surface area (Å²) in [6, 6.07) is 12.0. The molecule has 2 aromatic carbocycles. The monoisotopic (exact) mass is 493 g/mol. The molecule has 0 atom stereocenters. The van der Waals surface area contributed by atoms with Crippen molar-refractivity contribution in [2.24, 2.45) is 0 Å². The first-order chi connectivity index (χ1) is 14.4. The van der Waals surface area contributed by atoms with Crippen LogP contribution in [0.25, 0.3) is 11.5 Å². The average Bonchev–Trinajstić information content (AvgIpc) is 3.21. The van der Waals surface area contributed by atoms with E-state index in [-0.39, 0.29) is 27.5 Å². The average molecular weight is 494 g/mol. The van der Waals surface area contributed by atoms with Crippen LogP contribution in [0.1, 0.15) is 6.92 Å². The molecule has 0 amide bonds. The molecule has 2 heterocycles. The van der Waals surface area contributed by atoms with E-state index in [2.05, 4.69) is 32.7 Å². The second kappa shape index (κ2) is 8.49. The maximum absolute atomic E-state index is 13.4. The number of halogens is 2. The molecule has 6 nitrogen and oxygen atoms in total. The molecule has 0 spiro atoms. The normalized spacial score (nSPS) is 15.5. The van der Waals surface area contributed by atoms with Gasteiger partial charge in [0.15, 0.2) is 0 Å². The van der Waals surface area contributed by atoms with E-state index in [1.165, 1.54) is 36.4 Å². The number of piperazine rings is 1. The Labute approximate surface area is 183 Å². The van der Waals surface area contributed by atoms with Crippen LogP contribution in [0.5, 0.6) is 0 Å². The predicted molar refractivity (Wildman–Crippen MR) is 116 cm³/mol. The van der Waals surface area contributed by atoms with Crippen molar-refractivity contribution in [3.05, 3.63) is 58.8 Å². The largest absolute Gasteiger partial charge is 0.419 e. The molecular weight excluding hydrogens is 473 g/mol. The lowest BCUT2D eigenvalue weighted by Crippen LogP contribution is -2.46. The lowest BCUT2D eigenvalue weighted by atomic mass is 10.2. The van der Waals surface area contributed by atoms with Crippen LogP contribution in [0, 0.1) is 5.82 Å². The first-order valence-electron chi connectivity index (χ1n) is 9.63. The number of hydrogen-bond acceptors (Lipinski definition) is 6. The zero-order valence-corrected chi connectivity index (χ0v) is 18.8. The molecule has 1 saturated heterocycles. The maximum Gasteiger partial charge on any atom is 0.236 e. The van der Waals surface area contributed by atoms with E-state index in [0.29, 0.717) is 18.7 Å². The van der Waals surface area contributed by atoms with Crippen LogP contribution in [-0.4, -0.2) is 51.0 Å². The molecule has 0 unspecified atom stereocenters. The zero-order valence-electron chi connectivity index (χ0n) is 16.4. The number of anilines is 1. The third kappa shape index (κ3) is 4.14. The first-order valence-corrected chi connectivity index (χ1v) is 11.9. The van der Waals surface area contributed by atoms with Gasteiger partial charge in [0.25, 0.3) is 0 Å². The summed E-state index contributed by atoms with van der Waals surface area (Å²) in [7, 11) is -3.91. The molecule has 0 radical (unpaired) electrons. The van der Waals surface area contributed by atoms with E-state index in [4.69, 9.17) is 4.42 Å². The predicted octanol–water partition coefficient (Wildman–Crippen LogP) is 4.22. The van der Waals surface area contributed by atoms with E-state index in [0.717, 1.165) is 24.1 Å². The van der Waals surface area contributed by atoms with Gasteiger partial charge in [0.05, 0.1) is 4.90 Å². The van der Waals surface area contributed by atoms with Gasteiger partial charge in [0, 0.05) is 36.2 Å². The summed E-state index contributed by atoms with van der Waals surface area (Å²) in [5.74, 6) is -0.00414. The molecule has 0 aliphatic carbocycles. The van der Waals surface area contributed by atoms with Crippen molar-refractivity contribution >= 4 is 31.7 Å². The van der Waals surface area contributed by atoms with Gasteiger partial charge in [-0.1, -0.05) is 22.9 Å². The van der Waals surface area contributed by atoms with Crippen LogP contribution in [0.2, 0.25) is 0 Å². The fourth-order valence-corrected chi connectivity index (χ4v) is 4.97. The lowest BCUT2D eigenvalue weighted by Gasteiger charge is -2.33. The molecule has 0 N–H and O–H groups in total. The Morgan fingerprint density at radius 2 is 1.67 bits per heavy atom. The molecule has 9 heteroatoms. The summed E-state index contributed by atoms with van der Waals surface area (Å²) < 4.78 is 46.9. The molecule has 1 aromatic heterocycles. The minimum atomic E-state index is -3.91. The van der Waals surface area contributed by atoms with Gasteiger partial charge in [-0.2, -0.15) is 4.98 Å². The minimum absolute atomic E-state index is 0.117. The molecule has 1 fully saturated rings. The summed E-state index contributed by atoms with van der Waals surface area (Å²) in [5.41, 5.74) is 0.516. The van der Waals surface area contributed by atoms with Crippen molar-refractivity contribution in [2.75, 3.05) is 37.6 Å². The topological polar surface area (TPSA) is 66.7 Å². The van der Waals surface area contributed by atoms with Gasteiger partial charge in [-0.25, -0.2) is 12.8 Å². The van der Waals surface area contributed by atoms with Gasteiger partial charge in [-0.05, 0) is 55.1 Å². The van der Waals surface area contributed by atoms with Crippen LogP contribution in [-0.2, 0) is 9.84 Å². The SMILES string of the molecule is CCN1CCN(c2oc(-c3ccc(F)cc3)nc2S(=O)(=O)c2ccc(Br)cc2)CC1. The molecule has 30 heavy (non-hydrogen) atoms. The smallest absolute Gasteiger partial charge is 0.236 e. The Bertz CT molecular complexity index is 1120. The molecule has 158 valence electrons. The third-order valence-corrected chi connectivity index (χ3v) is 7.35. The third-order valence-electron chi connectivity index (χ3n) is 5.16. The zero-order chi connectivity index (χ0) is 21.3. The highest BCUT2D eigenvalue weighted by Crippen LogP contribution is 2.35. The first kappa shape index (κ1) is 21.0. The summed E-state index contributed by atoms with van der Waals surface area (Å²) in [6.07, 6.45) is 0. The number of benzene rings is 2. The van der Waals surface area contributed by atoms with Crippen molar-refractivity contribution < 1.29 is 17.2 Å². The maximum atomic E-state index is 13.4. The van der Waals surface area contributed by atoms with Crippen molar-refractivity contribution in [3.63, 3.8) is 0 Å². The van der Waals surface area contributed by atoms with Gasteiger partial charge in [-0.3, -0.25) is 0 Å². The van der Waals surface area contributed by atoms with Crippen molar-refractivity contribution in [2.45, 2.75) is 16.8 Å². The van der Waals surface area contributed by atoms with Gasteiger partial charge in [0.1, 0.15) is 5.82 Å². The number of aromatic nitrogens is 1. The van der Waals surface area contributed by atoms with Crippen LogP contribution in [0.3, 0.4) is 0 Å². The molecular formula is C21H21BrFN3O3S. The van der Waals surface area contributed by atoms with Gasteiger partial charge >= 0.3 is 0 Å². The molecule has 3 aromatic rings. The van der Waals surface area contributed by atoms with Crippen molar-refractivity contribution in [3.8, 4) is 11.5 Å². The lowest BCUT2D eigenvalue weighted by molar-refractivity contribution is 0.266. The molecule has 4 rings (SSSR count). The molecule has 1 aliphatic heterocycles. The van der Waals surface area contributed by atoms with Crippen LogP contribution in [0.15, 0.2) is 67.3 Å². The van der Waals surface area contributed by atoms with Crippen molar-refractivity contribution in [1.29, 1.82) is 0 Å². The van der Waals surface area contributed by atoms with Crippen LogP contribution >= 0.6 is 15.9 Å². The van der Waals surface area contributed by atoms with E-state index in [1.54, 1.807) is 12.1 Å². The fourth-order valence-electron chi connectivity index (χ4n) is 3.38. The summed E-state index contributed by atoms with van der Waals surface area (Å²) in [6.45, 7) is 5.92. The molecule has 1 aliphatic rings. The summed E-state index contributed by atoms with van der Waals surface area (Å²) >= 11 is 3.33. The van der Waals surface area contributed by atoms with Gasteiger partial charge < -0.3 is 14.2 Å². The number of hydrogen-bond donors (Lipinski definition) is 0. The number of rotatable bonds is 5. The number of oxazole rings is 1. The molecule has 0 saturated carbocycles. The Morgan fingerprint density at radius 3 is 2.27 bits per heavy atom. The summed E-state index contributed by atoms with van der Waals surface area (Å²) in [4.78, 5) is 8.69. The second-order valence-corrected chi connectivity index (χ2v) is 9.80. The highest BCUT2D eigenvalue weighted by Gasteiger charge is 2.32. The standard InChI is InChI=1S/C21H21BrFN3O3S/c1-2-25-11-13-26(14-12-25)21-20(30(27,28)18-9-5-16(22)6-10-18)24-19(29-21)15-3-7-17(23)8-4-15/h3-10H,2,11-14H2,1H3. The Balaban J connectivity index is 1.79. The van der Waals surface area contributed by atoms with E-state index >= 15 is 0 Å². The van der Waals surface area contributed by atoms with Crippen molar-refractivity contribution in [1.82, 2.24) is 9.88 Å². The summed E-state index contributed by atoms with van der Waals surface area (Å²) in [5, 5.41) is -0.117. The minimum Gasteiger partial charge on any atom is -0.419 e. The van der Waals surface area contributed by atoms with Crippen LogP contribution in [0.4, 0.5) is 10.3 Å². The van der Waals surface area contributed by atoms with E-state index in [9.17, 15) is 12.8 Å². The fraction of sp³-hybridized carbons (Fsp3) is 0.286. The Morgan fingerprint density at radius 1 is 1.03 bits per heavy atom. The highest BCUT2D eigenvalue weighted by molar-refractivity contribution is 9.10. The Kier molecular flexibility index (Phi) is 5.95. The van der Waals surface area contributed by atoms with Crippen LogP contribution < -0.4 is 4.90 Å². The van der Waals surface area contributed by atoms with Gasteiger partial charge in [-0.15, -0.1) is 0 Å². The Hall–Kier alpha value is -2.23.